The number of aromatic amines is 1. The number of rotatable bonds is 15. The molecule has 0 bridgehead atoms. The highest BCUT2D eigenvalue weighted by Crippen LogP contribution is 2.50. The molecule has 3 heterocycles. The Labute approximate surface area is 267 Å². The summed E-state index contributed by atoms with van der Waals surface area (Å²) in [7, 11) is -3.64. The Balaban J connectivity index is 1.44. The van der Waals surface area contributed by atoms with E-state index in [4.69, 9.17) is 31.0 Å². The van der Waals surface area contributed by atoms with Crippen LogP contribution >= 0.6 is 20.0 Å². The molecular formula is C28H33N4O12PS. The third kappa shape index (κ3) is 9.51. The van der Waals surface area contributed by atoms with Crippen LogP contribution < -0.4 is 16.6 Å². The first-order valence-corrected chi connectivity index (χ1v) is 16.1. The average Bonchev–Trinajstić information content (AvgIpc) is 3.53. The van der Waals surface area contributed by atoms with Crippen molar-refractivity contribution in [2.24, 2.45) is 5.92 Å². The van der Waals surface area contributed by atoms with Crippen molar-refractivity contribution < 1.29 is 47.1 Å². The summed E-state index contributed by atoms with van der Waals surface area (Å²) in [5.74, 6) is -1.62. The van der Waals surface area contributed by atoms with E-state index in [1.54, 1.807) is 24.3 Å². The molecule has 46 heavy (non-hydrogen) atoms. The van der Waals surface area contributed by atoms with Crippen molar-refractivity contribution in [1.29, 1.82) is 0 Å². The van der Waals surface area contributed by atoms with Gasteiger partial charge in [0.15, 0.2) is 0 Å². The Morgan fingerprint density at radius 2 is 1.83 bits per heavy atom. The number of phosphoric acid groups is 1. The Morgan fingerprint density at radius 3 is 2.50 bits per heavy atom. The Hall–Kier alpha value is -3.99. The molecule has 5 atom stereocenters. The molecule has 0 aliphatic carbocycles. The van der Waals surface area contributed by atoms with Crippen LogP contribution in [0.5, 0.6) is 0 Å². The molecule has 2 aromatic rings. The Morgan fingerprint density at radius 1 is 1.11 bits per heavy atom. The van der Waals surface area contributed by atoms with E-state index in [9.17, 15) is 33.4 Å². The van der Waals surface area contributed by atoms with Crippen molar-refractivity contribution in [2.75, 3.05) is 26.8 Å². The third-order valence-electron chi connectivity index (χ3n) is 7.14. The van der Waals surface area contributed by atoms with Gasteiger partial charge in [-0.25, -0.2) is 14.2 Å². The molecule has 2 aliphatic heterocycles. The largest absolute Gasteiger partial charge is 0.508 e. The molecule has 1 saturated heterocycles. The first-order chi connectivity index (χ1) is 22.0. The maximum atomic E-state index is 12.7. The number of carbonyl (C=O) groups excluding carboxylic acids is 3. The molecule has 1 aromatic heterocycles. The number of nitrogens with zero attached hydrogens (tertiary/aromatic N) is 2. The Bertz CT molecular complexity index is 1600. The number of phosphoric ester groups is 1. The number of amides is 2. The summed E-state index contributed by atoms with van der Waals surface area (Å²) in [6.07, 6.45) is -0.111. The van der Waals surface area contributed by atoms with Crippen molar-refractivity contribution in [3.63, 3.8) is 0 Å². The predicted molar refractivity (Wildman–Crippen MR) is 163 cm³/mol. The van der Waals surface area contributed by atoms with E-state index in [1.807, 2.05) is 6.07 Å². The summed E-state index contributed by atoms with van der Waals surface area (Å²) in [6.45, 7) is -0.116. The molecule has 1 aromatic carbocycles. The number of thiocarbonyl (C=S) groups is 1. The fourth-order valence-corrected chi connectivity index (χ4v) is 5.79. The number of H-pyrrole nitrogens is 1. The minimum Gasteiger partial charge on any atom is -0.431 e. The van der Waals surface area contributed by atoms with Gasteiger partial charge in [-0.15, -0.1) is 0 Å². The van der Waals surface area contributed by atoms with Crippen LogP contribution in [0.25, 0.3) is 0 Å². The van der Waals surface area contributed by atoms with E-state index in [0.29, 0.717) is 18.0 Å². The number of aromatic nitrogens is 2. The topological polar surface area (TPSA) is 205 Å². The van der Waals surface area contributed by atoms with Crippen LogP contribution in [0.15, 0.2) is 64.3 Å². The van der Waals surface area contributed by atoms with Gasteiger partial charge >= 0.3 is 19.7 Å². The first kappa shape index (κ1) is 34.9. The number of benzene rings is 1. The molecule has 0 saturated carbocycles. The molecule has 0 spiro atoms. The van der Waals surface area contributed by atoms with Crippen molar-refractivity contribution in [3.05, 3.63) is 81.1 Å². The lowest BCUT2D eigenvalue weighted by Gasteiger charge is -2.26. The summed E-state index contributed by atoms with van der Waals surface area (Å²) in [4.78, 5) is 74.1. The van der Waals surface area contributed by atoms with E-state index in [-0.39, 0.29) is 26.0 Å². The van der Waals surface area contributed by atoms with Gasteiger partial charge in [-0.3, -0.25) is 37.9 Å². The summed E-state index contributed by atoms with van der Waals surface area (Å²) in [5.41, 5.74) is -0.724. The van der Waals surface area contributed by atoms with Crippen LogP contribution in [-0.4, -0.2) is 81.3 Å². The lowest BCUT2D eigenvalue weighted by Crippen LogP contribution is -2.36. The third-order valence-corrected chi connectivity index (χ3v) is 8.46. The summed E-state index contributed by atoms with van der Waals surface area (Å²) in [6, 6.07) is 9.99. The minimum atomic E-state index is -4.62. The van der Waals surface area contributed by atoms with Gasteiger partial charge in [0.2, 0.25) is 0 Å². The number of carbonyl (C=O) groups is 3. The number of hydrogen-bond donors (Lipinski definition) is 3. The second-order valence-electron chi connectivity index (χ2n) is 10.2. The number of ether oxygens (including phenoxy) is 3. The van der Waals surface area contributed by atoms with Crippen molar-refractivity contribution >= 4 is 43.0 Å². The maximum absolute atomic E-state index is 12.7. The summed E-state index contributed by atoms with van der Waals surface area (Å²) in [5, 5.41) is 3.04. The normalized spacial score (nSPS) is 22.1. The smallest absolute Gasteiger partial charge is 0.431 e. The predicted octanol–water partition coefficient (Wildman–Crippen LogP) is 1.55. The van der Waals surface area contributed by atoms with Gasteiger partial charge in [0.1, 0.15) is 31.6 Å². The van der Waals surface area contributed by atoms with Gasteiger partial charge in [0.05, 0.1) is 4.99 Å². The van der Waals surface area contributed by atoms with E-state index in [2.05, 4.69) is 14.8 Å². The zero-order valence-corrected chi connectivity index (χ0v) is 26.4. The highest BCUT2D eigenvalue weighted by atomic mass is 32.1. The minimum absolute atomic E-state index is 0.0605. The standard InChI is InChI=1S/C28H33N4O12PS/c1-40-45(38,39)44-25-19(8-5-13-29-22(46)12-15-31-23(34)9-10-24(31)35)26(32-14-11-21(33)30-27(32)36)43-20(25)17-42-28(37)41-16-18-6-3-2-4-7-18/h2-4,6-7,9-11,14,19-20,25-26H,5,8,12-13,15-17H2,1H3,(H,29,46)(H,38,39)(H,30,33,36)/t19-,20+,25?,26+/m0/s1. The molecule has 248 valence electrons. The van der Waals surface area contributed by atoms with Gasteiger partial charge < -0.3 is 24.4 Å². The van der Waals surface area contributed by atoms with Crippen LogP contribution in [-0.2, 0) is 44.0 Å². The first-order valence-electron chi connectivity index (χ1n) is 14.1. The van der Waals surface area contributed by atoms with Crippen molar-refractivity contribution in [3.8, 4) is 0 Å². The SMILES string of the molecule is COP(=O)(O)OC1[C@@H](COC(=O)OCc2ccccc2)O[C@@H](n2ccc(=O)[nH]c2=O)[C@H]1CCCNC(=S)CCN1C(=O)C=CC1=O. The van der Waals surface area contributed by atoms with Crippen LogP contribution in [0.1, 0.15) is 31.1 Å². The van der Waals surface area contributed by atoms with E-state index in [1.165, 1.54) is 18.3 Å². The number of hydrogen-bond acceptors (Lipinski definition) is 12. The monoisotopic (exact) mass is 680 g/mol. The van der Waals surface area contributed by atoms with Crippen LogP contribution in [0.2, 0.25) is 0 Å². The molecular weight excluding hydrogens is 647 g/mol. The quantitative estimate of drug-likeness (QED) is 0.0803. The number of imide groups is 1. The summed E-state index contributed by atoms with van der Waals surface area (Å²) >= 11 is 5.33. The van der Waals surface area contributed by atoms with E-state index < -0.39 is 68.0 Å². The van der Waals surface area contributed by atoms with Gasteiger partial charge in [0.25, 0.3) is 17.4 Å². The van der Waals surface area contributed by atoms with Crippen LogP contribution in [0.3, 0.4) is 0 Å². The molecule has 1 fully saturated rings. The van der Waals surface area contributed by atoms with Crippen LogP contribution in [0, 0.1) is 5.92 Å². The van der Waals surface area contributed by atoms with Gasteiger partial charge in [0, 0.05) is 57.0 Å². The van der Waals surface area contributed by atoms with Crippen molar-refractivity contribution in [2.45, 2.75) is 44.3 Å². The lowest BCUT2D eigenvalue weighted by atomic mass is 9.94. The number of nitrogens with one attached hydrogen (secondary N) is 2. The lowest BCUT2D eigenvalue weighted by molar-refractivity contribution is -0.136. The highest BCUT2D eigenvalue weighted by molar-refractivity contribution is 7.80. The maximum Gasteiger partial charge on any atom is 0.508 e. The second-order valence-corrected chi connectivity index (χ2v) is 12.2. The zero-order chi connectivity index (χ0) is 33.3. The van der Waals surface area contributed by atoms with Crippen molar-refractivity contribution in [1.82, 2.24) is 19.8 Å². The molecule has 4 rings (SSSR count). The molecule has 18 heteroatoms. The zero-order valence-electron chi connectivity index (χ0n) is 24.6. The molecule has 0 radical (unpaired) electrons. The fraction of sp³-hybridized carbons (Fsp3) is 0.429. The molecule has 16 nitrogen and oxygen atoms in total. The van der Waals surface area contributed by atoms with E-state index in [0.717, 1.165) is 28.2 Å². The fourth-order valence-electron chi connectivity index (χ4n) is 4.91. The highest BCUT2D eigenvalue weighted by Gasteiger charge is 2.49. The molecule has 2 unspecified atom stereocenters. The van der Waals surface area contributed by atoms with Gasteiger partial charge in [-0.2, -0.15) is 0 Å². The molecule has 2 aliphatic rings. The van der Waals surface area contributed by atoms with Gasteiger partial charge in [-0.1, -0.05) is 42.5 Å². The van der Waals surface area contributed by atoms with Gasteiger partial charge in [-0.05, 0) is 18.4 Å². The summed E-state index contributed by atoms with van der Waals surface area (Å²) < 4.78 is 40.2. The molecule has 2 amide bonds. The van der Waals surface area contributed by atoms with E-state index >= 15 is 0 Å². The molecule has 3 N–H and O–H groups in total. The second kappa shape index (κ2) is 16.0. The Kier molecular flexibility index (Phi) is 12.1. The van der Waals surface area contributed by atoms with Crippen LogP contribution in [0.4, 0.5) is 4.79 Å². The average molecular weight is 681 g/mol.